The first-order valence-electron chi connectivity index (χ1n) is 10.4. The molecule has 2 saturated heterocycles. The quantitative estimate of drug-likeness (QED) is 0.438. The van der Waals surface area contributed by atoms with Crippen molar-refractivity contribution >= 4 is 29.1 Å². The van der Waals surface area contributed by atoms with E-state index in [9.17, 15) is 14.7 Å². The molecule has 0 saturated carbocycles. The Balaban J connectivity index is 1.72. The molecule has 1 N–H and O–H groups in total. The molecule has 0 spiro atoms. The van der Waals surface area contributed by atoms with E-state index < -0.39 is 17.7 Å². The number of amides is 1. The van der Waals surface area contributed by atoms with E-state index in [4.69, 9.17) is 16.3 Å². The van der Waals surface area contributed by atoms with Crippen LogP contribution >= 0.6 is 11.6 Å². The monoisotopic (exact) mass is 440 g/mol. The fourth-order valence-corrected chi connectivity index (χ4v) is 4.17. The highest BCUT2D eigenvalue weighted by Gasteiger charge is 2.46. The highest BCUT2D eigenvalue weighted by Crippen LogP contribution is 2.39. The van der Waals surface area contributed by atoms with Crippen molar-refractivity contribution in [3.63, 3.8) is 0 Å². The lowest BCUT2D eigenvalue weighted by molar-refractivity contribution is -0.140. The first-order chi connectivity index (χ1) is 15.0. The number of nitrogens with zero attached hydrogens (tertiary/aromatic N) is 2. The molecule has 162 valence electrons. The standard InChI is InChI=1S/C24H25ClN2O4/c1-16-2-4-18(5-3-16)22(28)20-21(17-6-8-19(25)9-7-17)27(24(30)23(20)29)11-10-26-12-14-31-15-13-26/h2-9,21,28H,10-15H2,1H3/b22-20+/t21-/m0/s1. The van der Waals surface area contributed by atoms with Gasteiger partial charge in [-0.1, -0.05) is 53.6 Å². The number of morpholine rings is 1. The zero-order valence-corrected chi connectivity index (χ0v) is 18.1. The summed E-state index contributed by atoms with van der Waals surface area (Å²) in [5.41, 5.74) is 2.39. The molecule has 0 radical (unpaired) electrons. The van der Waals surface area contributed by atoms with Crippen LogP contribution in [0.15, 0.2) is 54.1 Å². The molecule has 4 rings (SSSR count). The van der Waals surface area contributed by atoms with Crippen LogP contribution in [-0.4, -0.2) is 66.0 Å². The van der Waals surface area contributed by atoms with Gasteiger partial charge >= 0.3 is 0 Å². The number of likely N-dealkylation sites (tertiary alicyclic amines) is 1. The first-order valence-corrected chi connectivity index (χ1v) is 10.7. The van der Waals surface area contributed by atoms with Crippen LogP contribution in [0, 0.1) is 6.92 Å². The molecule has 2 aliphatic heterocycles. The number of aliphatic hydroxyl groups is 1. The molecule has 2 aromatic carbocycles. The van der Waals surface area contributed by atoms with E-state index in [0.29, 0.717) is 36.9 Å². The third-order valence-corrected chi connectivity index (χ3v) is 6.06. The van der Waals surface area contributed by atoms with E-state index in [2.05, 4.69) is 4.90 Å². The van der Waals surface area contributed by atoms with Gasteiger partial charge in [-0.05, 0) is 24.6 Å². The lowest BCUT2D eigenvalue weighted by Crippen LogP contribution is -2.42. The Kier molecular flexibility index (Phi) is 6.41. The van der Waals surface area contributed by atoms with Crippen LogP contribution in [-0.2, 0) is 14.3 Å². The van der Waals surface area contributed by atoms with Crippen LogP contribution in [0.25, 0.3) is 5.76 Å². The maximum atomic E-state index is 13.0. The van der Waals surface area contributed by atoms with Crippen molar-refractivity contribution in [3.05, 3.63) is 75.8 Å². The minimum absolute atomic E-state index is 0.109. The highest BCUT2D eigenvalue weighted by molar-refractivity contribution is 6.46. The topological polar surface area (TPSA) is 70.1 Å². The zero-order chi connectivity index (χ0) is 22.0. The summed E-state index contributed by atoms with van der Waals surface area (Å²) >= 11 is 6.06. The average molecular weight is 441 g/mol. The molecule has 31 heavy (non-hydrogen) atoms. The van der Waals surface area contributed by atoms with E-state index >= 15 is 0 Å². The van der Waals surface area contributed by atoms with Crippen molar-refractivity contribution in [2.24, 2.45) is 0 Å². The second-order valence-corrected chi connectivity index (χ2v) is 8.30. The maximum Gasteiger partial charge on any atom is 0.295 e. The van der Waals surface area contributed by atoms with Crippen molar-refractivity contribution in [1.82, 2.24) is 9.80 Å². The maximum absolute atomic E-state index is 13.0. The summed E-state index contributed by atoms with van der Waals surface area (Å²) in [5, 5.41) is 11.6. The number of aryl methyl sites for hydroxylation is 1. The fourth-order valence-electron chi connectivity index (χ4n) is 4.04. The number of aliphatic hydroxyl groups excluding tert-OH is 1. The largest absolute Gasteiger partial charge is 0.507 e. The summed E-state index contributed by atoms with van der Waals surface area (Å²) in [6.45, 7) is 5.85. The number of halogens is 1. The van der Waals surface area contributed by atoms with Gasteiger partial charge in [0.1, 0.15) is 5.76 Å². The number of Topliss-reactive ketones (excluding diaryl/α,β-unsaturated/α-hetero) is 1. The van der Waals surface area contributed by atoms with Gasteiger partial charge in [0.2, 0.25) is 0 Å². The third-order valence-electron chi connectivity index (χ3n) is 5.81. The van der Waals surface area contributed by atoms with Crippen LogP contribution in [0.5, 0.6) is 0 Å². The van der Waals surface area contributed by atoms with Gasteiger partial charge in [0.25, 0.3) is 11.7 Å². The molecular weight excluding hydrogens is 416 g/mol. The summed E-state index contributed by atoms with van der Waals surface area (Å²) in [7, 11) is 0. The van der Waals surface area contributed by atoms with E-state index in [1.807, 2.05) is 19.1 Å². The van der Waals surface area contributed by atoms with Gasteiger partial charge < -0.3 is 14.7 Å². The van der Waals surface area contributed by atoms with Gasteiger partial charge in [0.15, 0.2) is 0 Å². The summed E-state index contributed by atoms with van der Waals surface area (Å²) in [6.07, 6.45) is 0. The fraction of sp³-hybridized carbons (Fsp3) is 0.333. The molecule has 0 aliphatic carbocycles. The van der Waals surface area contributed by atoms with E-state index in [0.717, 1.165) is 24.2 Å². The lowest BCUT2D eigenvalue weighted by atomic mass is 9.95. The Morgan fingerprint density at radius 2 is 1.68 bits per heavy atom. The normalized spacial score (nSPS) is 21.6. The molecule has 6 nitrogen and oxygen atoms in total. The Bertz CT molecular complexity index is 995. The number of carbonyl (C=O) groups is 2. The molecule has 1 amide bonds. The molecule has 1 atom stereocenters. The van der Waals surface area contributed by atoms with Crippen LogP contribution in [0.1, 0.15) is 22.7 Å². The highest BCUT2D eigenvalue weighted by atomic mass is 35.5. The summed E-state index contributed by atoms with van der Waals surface area (Å²) in [4.78, 5) is 29.8. The van der Waals surface area contributed by atoms with E-state index in [-0.39, 0.29) is 11.3 Å². The van der Waals surface area contributed by atoms with Gasteiger partial charge in [0.05, 0.1) is 24.8 Å². The van der Waals surface area contributed by atoms with Gasteiger partial charge in [-0.25, -0.2) is 0 Å². The number of carbonyl (C=O) groups excluding carboxylic acids is 2. The van der Waals surface area contributed by atoms with Gasteiger partial charge in [-0.3, -0.25) is 14.5 Å². The summed E-state index contributed by atoms with van der Waals surface area (Å²) < 4.78 is 5.39. The van der Waals surface area contributed by atoms with Crippen LogP contribution < -0.4 is 0 Å². The molecular formula is C24H25ClN2O4. The minimum atomic E-state index is -0.667. The van der Waals surface area contributed by atoms with Gasteiger partial charge in [-0.15, -0.1) is 0 Å². The molecule has 0 bridgehead atoms. The van der Waals surface area contributed by atoms with Crippen molar-refractivity contribution < 1.29 is 19.4 Å². The third kappa shape index (κ3) is 4.51. The van der Waals surface area contributed by atoms with Gasteiger partial charge in [0, 0.05) is 36.8 Å². The van der Waals surface area contributed by atoms with Crippen LogP contribution in [0.4, 0.5) is 0 Å². The Hall–Kier alpha value is -2.67. The second-order valence-electron chi connectivity index (χ2n) is 7.86. The van der Waals surface area contributed by atoms with Crippen LogP contribution in [0.3, 0.4) is 0 Å². The number of hydrogen-bond acceptors (Lipinski definition) is 5. The van der Waals surface area contributed by atoms with Crippen LogP contribution in [0.2, 0.25) is 5.02 Å². The SMILES string of the molecule is Cc1ccc(/C(O)=C2\C(=O)C(=O)N(CCN3CCOCC3)[C@H]2c2ccc(Cl)cc2)cc1. The summed E-state index contributed by atoms with van der Waals surface area (Å²) in [5.74, 6) is -1.42. The molecule has 7 heteroatoms. The first kappa shape index (κ1) is 21.6. The Morgan fingerprint density at radius 3 is 2.32 bits per heavy atom. The Labute approximate surface area is 186 Å². The number of rotatable bonds is 5. The second kappa shape index (κ2) is 9.22. The number of hydrogen-bond donors (Lipinski definition) is 1. The summed E-state index contributed by atoms with van der Waals surface area (Å²) in [6, 6.07) is 13.6. The van der Waals surface area contributed by atoms with Crippen molar-refractivity contribution in [3.8, 4) is 0 Å². The molecule has 0 unspecified atom stereocenters. The van der Waals surface area contributed by atoms with Crippen molar-refractivity contribution in [2.75, 3.05) is 39.4 Å². The predicted molar refractivity (Wildman–Crippen MR) is 119 cm³/mol. The van der Waals surface area contributed by atoms with Gasteiger partial charge in [-0.2, -0.15) is 0 Å². The smallest absolute Gasteiger partial charge is 0.295 e. The van der Waals surface area contributed by atoms with E-state index in [1.165, 1.54) is 0 Å². The van der Waals surface area contributed by atoms with Crippen molar-refractivity contribution in [1.29, 1.82) is 0 Å². The predicted octanol–water partition coefficient (Wildman–Crippen LogP) is 3.40. The minimum Gasteiger partial charge on any atom is -0.507 e. The lowest BCUT2D eigenvalue weighted by Gasteiger charge is -2.31. The number of benzene rings is 2. The molecule has 2 fully saturated rings. The molecule has 2 aromatic rings. The van der Waals surface area contributed by atoms with Crippen molar-refractivity contribution in [2.45, 2.75) is 13.0 Å². The molecule has 0 aromatic heterocycles. The number of ketones is 1. The number of ether oxygens (including phenoxy) is 1. The average Bonchev–Trinajstić information content (AvgIpc) is 3.04. The zero-order valence-electron chi connectivity index (χ0n) is 17.4. The van der Waals surface area contributed by atoms with E-state index in [1.54, 1.807) is 41.3 Å². The molecule has 2 heterocycles. The Morgan fingerprint density at radius 1 is 1.03 bits per heavy atom. The molecule has 2 aliphatic rings.